The van der Waals surface area contributed by atoms with Crippen LogP contribution in [0.5, 0.6) is 0 Å². The van der Waals surface area contributed by atoms with Gasteiger partial charge in [-0.1, -0.05) is 0 Å². The lowest BCUT2D eigenvalue weighted by Crippen LogP contribution is -2.30. The summed E-state index contributed by atoms with van der Waals surface area (Å²) < 4.78 is 42.8. The summed E-state index contributed by atoms with van der Waals surface area (Å²) in [7, 11) is 1.10. The molecule has 21 heavy (non-hydrogen) atoms. The first-order chi connectivity index (χ1) is 9.82. The van der Waals surface area contributed by atoms with Gasteiger partial charge in [0.05, 0.1) is 13.7 Å². The third-order valence-electron chi connectivity index (χ3n) is 2.47. The lowest BCUT2D eigenvalue weighted by atomic mass is 10.3. The van der Waals surface area contributed by atoms with Crippen LogP contribution < -0.4 is 5.32 Å². The van der Waals surface area contributed by atoms with Gasteiger partial charge >= 0.3 is 12.1 Å². The Bertz CT molecular complexity index is 657. The van der Waals surface area contributed by atoms with Gasteiger partial charge < -0.3 is 15.2 Å². The van der Waals surface area contributed by atoms with Crippen LogP contribution in [0.3, 0.4) is 0 Å². The fourth-order valence-corrected chi connectivity index (χ4v) is 1.48. The zero-order chi connectivity index (χ0) is 15.6. The van der Waals surface area contributed by atoms with Crippen molar-refractivity contribution < 1.29 is 27.8 Å². The van der Waals surface area contributed by atoms with Gasteiger partial charge in [0.15, 0.2) is 11.8 Å². The number of aliphatic hydroxyl groups is 1. The molecule has 8 nitrogen and oxygen atoms in total. The number of hydrogen-bond donors (Lipinski definition) is 2. The van der Waals surface area contributed by atoms with Crippen LogP contribution in [0.1, 0.15) is 5.82 Å². The Labute approximate surface area is 115 Å². The summed E-state index contributed by atoms with van der Waals surface area (Å²) in [5.74, 6) is -2.13. The van der Waals surface area contributed by atoms with E-state index in [0.29, 0.717) is 4.52 Å². The number of carbonyl (C=O) groups is 1. The summed E-state index contributed by atoms with van der Waals surface area (Å²) in [5, 5.41) is 21.9. The molecule has 0 aliphatic heterocycles. The highest BCUT2D eigenvalue weighted by Crippen LogP contribution is 2.27. The number of methoxy groups -OCH3 is 1. The van der Waals surface area contributed by atoms with Crippen LogP contribution in [0.25, 0.3) is 5.65 Å². The molecule has 0 aromatic carbocycles. The van der Waals surface area contributed by atoms with Crippen LogP contribution in [-0.2, 0) is 15.7 Å². The lowest BCUT2D eigenvalue weighted by Gasteiger charge is -2.10. The molecule has 0 bridgehead atoms. The summed E-state index contributed by atoms with van der Waals surface area (Å²) in [6, 6.07) is 2.61. The predicted octanol–water partition coefficient (Wildman–Crippen LogP) is 0.0889. The fraction of sp³-hybridized carbons (Fsp3) is 0.400. The number of alkyl halides is 3. The molecule has 11 heteroatoms. The third kappa shape index (κ3) is 3.18. The van der Waals surface area contributed by atoms with Crippen molar-refractivity contribution >= 4 is 17.4 Å². The number of ether oxygens (including phenoxy) is 1. The number of rotatable bonds is 4. The average Bonchev–Trinajstić information content (AvgIpc) is 2.86. The summed E-state index contributed by atoms with van der Waals surface area (Å²) in [4.78, 5) is 11.0. The SMILES string of the molecule is COC(=O)[C@H](O)CNc1ccc2nnc(C(F)(F)F)n2n1. The van der Waals surface area contributed by atoms with E-state index in [0.717, 1.165) is 7.11 Å². The van der Waals surface area contributed by atoms with Gasteiger partial charge in [0.25, 0.3) is 5.82 Å². The van der Waals surface area contributed by atoms with Crippen molar-refractivity contribution in [1.82, 2.24) is 19.8 Å². The Morgan fingerprint density at radius 1 is 1.48 bits per heavy atom. The highest BCUT2D eigenvalue weighted by Gasteiger charge is 2.37. The van der Waals surface area contributed by atoms with Crippen LogP contribution in [0, 0.1) is 0 Å². The highest BCUT2D eigenvalue weighted by atomic mass is 19.4. The Kier molecular flexibility index (Phi) is 3.93. The van der Waals surface area contributed by atoms with Crippen molar-refractivity contribution in [3.63, 3.8) is 0 Å². The largest absolute Gasteiger partial charge is 0.467 e. The first kappa shape index (κ1) is 15.0. The molecule has 2 heterocycles. The summed E-state index contributed by atoms with van der Waals surface area (Å²) in [6.07, 6.45) is -6.16. The molecule has 2 rings (SSSR count). The maximum atomic E-state index is 12.7. The molecule has 0 fully saturated rings. The number of halogens is 3. The number of anilines is 1. The number of aliphatic hydroxyl groups excluding tert-OH is 1. The first-order valence-corrected chi connectivity index (χ1v) is 5.62. The van der Waals surface area contributed by atoms with Crippen LogP contribution >= 0.6 is 0 Å². The van der Waals surface area contributed by atoms with E-state index < -0.39 is 24.1 Å². The quantitative estimate of drug-likeness (QED) is 0.772. The number of aromatic nitrogens is 4. The number of esters is 1. The van der Waals surface area contributed by atoms with E-state index in [2.05, 4.69) is 25.3 Å². The van der Waals surface area contributed by atoms with Gasteiger partial charge in [-0.25, -0.2) is 4.79 Å². The molecule has 2 N–H and O–H groups in total. The van der Waals surface area contributed by atoms with Gasteiger partial charge in [-0.05, 0) is 12.1 Å². The molecule has 2 aromatic rings. The maximum absolute atomic E-state index is 12.7. The minimum Gasteiger partial charge on any atom is -0.467 e. The van der Waals surface area contributed by atoms with Crippen molar-refractivity contribution in [2.24, 2.45) is 0 Å². The molecule has 0 radical (unpaired) electrons. The highest BCUT2D eigenvalue weighted by molar-refractivity contribution is 5.74. The summed E-state index contributed by atoms with van der Waals surface area (Å²) >= 11 is 0. The molecule has 0 saturated heterocycles. The van der Waals surface area contributed by atoms with Gasteiger partial charge in [-0.3, -0.25) is 0 Å². The average molecular weight is 305 g/mol. The molecular weight excluding hydrogens is 295 g/mol. The van der Waals surface area contributed by atoms with Gasteiger partial charge in [-0.2, -0.15) is 17.7 Å². The Balaban J connectivity index is 2.20. The molecule has 0 aliphatic carbocycles. The van der Waals surface area contributed by atoms with E-state index in [9.17, 15) is 23.1 Å². The van der Waals surface area contributed by atoms with E-state index >= 15 is 0 Å². The summed E-state index contributed by atoms with van der Waals surface area (Å²) in [5.41, 5.74) is -0.0820. The fourth-order valence-electron chi connectivity index (χ4n) is 1.48. The molecule has 0 aliphatic rings. The van der Waals surface area contributed by atoms with Crippen molar-refractivity contribution in [2.45, 2.75) is 12.3 Å². The number of fused-ring (bicyclic) bond motifs is 1. The number of carbonyl (C=O) groups excluding carboxylic acids is 1. The molecule has 0 unspecified atom stereocenters. The van der Waals surface area contributed by atoms with Crippen molar-refractivity contribution in [1.29, 1.82) is 0 Å². The molecular formula is C10H10F3N5O3. The zero-order valence-electron chi connectivity index (χ0n) is 10.6. The van der Waals surface area contributed by atoms with Crippen LogP contribution in [0.15, 0.2) is 12.1 Å². The van der Waals surface area contributed by atoms with E-state index in [1.807, 2.05) is 0 Å². The monoisotopic (exact) mass is 305 g/mol. The Morgan fingerprint density at radius 2 is 2.19 bits per heavy atom. The normalized spacial score (nSPS) is 13.2. The van der Waals surface area contributed by atoms with Crippen molar-refractivity contribution in [2.75, 3.05) is 19.0 Å². The second-order valence-corrected chi connectivity index (χ2v) is 3.93. The van der Waals surface area contributed by atoms with Crippen molar-refractivity contribution in [3.8, 4) is 0 Å². The van der Waals surface area contributed by atoms with Gasteiger partial charge in [0, 0.05) is 0 Å². The number of hydrogen-bond acceptors (Lipinski definition) is 7. The van der Waals surface area contributed by atoms with E-state index in [1.54, 1.807) is 0 Å². The predicted molar refractivity (Wildman–Crippen MR) is 62.3 cm³/mol. The smallest absolute Gasteiger partial charge is 0.453 e. The number of nitrogens with one attached hydrogen (secondary N) is 1. The molecule has 1 atom stereocenters. The minimum atomic E-state index is -4.70. The van der Waals surface area contributed by atoms with Crippen LogP contribution in [0.4, 0.5) is 19.0 Å². The standard InChI is InChI=1S/C10H10F3N5O3/c1-21-8(20)5(19)4-14-6-2-3-7-15-16-9(10(11,12)13)18(7)17-6/h2-3,5,19H,4H2,1H3,(H,14,17)/t5-/m1/s1. The van der Waals surface area contributed by atoms with E-state index in [1.165, 1.54) is 12.1 Å². The van der Waals surface area contributed by atoms with Gasteiger partial charge in [0.1, 0.15) is 5.82 Å². The van der Waals surface area contributed by atoms with E-state index in [4.69, 9.17) is 0 Å². The Hall–Kier alpha value is -2.43. The van der Waals surface area contributed by atoms with Gasteiger partial charge in [-0.15, -0.1) is 15.3 Å². The second-order valence-electron chi connectivity index (χ2n) is 3.93. The molecule has 114 valence electrons. The first-order valence-electron chi connectivity index (χ1n) is 5.62. The molecule has 2 aromatic heterocycles. The van der Waals surface area contributed by atoms with Crippen LogP contribution in [0.2, 0.25) is 0 Å². The molecule has 0 saturated carbocycles. The topological polar surface area (TPSA) is 102 Å². The zero-order valence-corrected chi connectivity index (χ0v) is 10.6. The summed E-state index contributed by atoms with van der Waals surface area (Å²) in [6.45, 7) is -0.269. The third-order valence-corrected chi connectivity index (χ3v) is 2.47. The molecule has 0 amide bonds. The van der Waals surface area contributed by atoms with Crippen LogP contribution in [-0.4, -0.2) is 50.6 Å². The molecule has 0 spiro atoms. The maximum Gasteiger partial charge on any atom is 0.453 e. The lowest BCUT2D eigenvalue weighted by molar-refractivity contribution is -0.149. The van der Waals surface area contributed by atoms with E-state index in [-0.39, 0.29) is 18.0 Å². The van der Waals surface area contributed by atoms with Gasteiger partial charge in [0.2, 0.25) is 0 Å². The second kappa shape index (κ2) is 5.52. The number of nitrogens with zero attached hydrogens (tertiary/aromatic N) is 4. The minimum absolute atomic E-state index is 0.00996. The van der Waals surface area contributed by atoms with Crippen molar-refractivity contribution in [3.05, 3.63) is 18.0 Å². The Morgan fingerprint density at radius 3 is 2.81 bits per heavy atom.